The van der Waals surface area contributed by atoms with Crippen LogP contribution in [0.1, 0.15) is 88.0 Å². The van der Waals surface area contributed by atoms with Gasteiger partial charge in [0, 0.05) is 12.0 Å². The fourth-order valence-electron chi connectivity index (χ4n) is 6.86. The van der Waals surface area contributed by atoms with E-state index in [0.717, 1.165) is 25.7 Å². The Balaban J connectivity index is 1.95. The topological polar surface area (TPSA) is 26.3 Å². The molecule has 0 aromatic heterocycles. The molecule has 0 N–H and O–H groups in total. The zero-order valence-corrected chi connectivity index (χ0v) is 25.3. The number of carbonyl (C=O) groups excluding carboxylic acids is 1. The third kappa shape index (κ3) is 5.16. The van der Waals surface area contributed by atoms with E-state index in [2.05, 4.69) is 123 Å². The third-order valence-electron chi connectivity index (χ3n) is 10.00. The van der Waals surface area contributed by atoms with Gasteiger partial charge in [-0.3, -0.25) is 0 Å². The van der Waals surface area contributed by atoms with Crippen molar-refractivity contribution in [2.75, 3.05) is 0 Å². The fraction of sp³-hybridized carbons (Fsp3) is 0.606. The quantitative estimate of drug-likeness (QED) is 0.244. The van der Waals surface area contributed by atoms with Crippen molar-refractivity contribution in [2.45, 2.75) is 99.1 Å². The molecule has 4 atom stereocenters. The van der Waals surface area contributed by atoms with Gasteiger partial charge in [-0.15, -0.1) is 0 Å². The molecule has 2 aromatic carbocycles. The second-order valence-corrected chi connectivity index (χ2v) is 17.7. The first kappa shape index (κ1) is 28.9. The summed E-state index contributed by atoms with van der Waals surface area (Å²) >= 11 is 0. The molecule has 0 aliphatic heterocycles. The Morgan fingerprint density at radius 3 is 1.81 bits per heavy atom. The Kier molecular flexibility index (Phi) is 8.78. The van der Waals surface area contributed by atoms with Crippen molar-refractivity contribution < 1.29 is 9.22 Å². The zero-order chi connectivity index (χ0) is 26.8. The molecule has 36 heavy (non-hydrogen) atoms. The van der Waals surface area contributed by atoms with E-state index in [9.17, 15) is 4.79 Å². The molecule has 1 fully saturated rings. The van der Waals surface area contributed by atoms with Gasteiger partial charge in [-0.2, -0.15) is 0 Å². The lowest BCUT2D eigenvalue weighted by Gasteiger charge is -2.47. The van der Waals surface area contributed by atoms with Crippen LogP contribution in [0.15, 0.2) is 60.7 Å². The Morgan fingerprint density at radius 1 is 0.917 bits per heavy atom. The lowest BCUT2D eigenvalue weighted by molar-refractivity contribution is -0.115. The number of aldehydes is 1. The monoisotopic (exact) mass is 506 g/mol. The molecular weight excluding hydrogens is 456 g/mol. The van der Waals surface area contributed by atoms with Gasteiger partial charge >= 0.3 is 0 Å². The summed E-state index contributed by atoms with van der Waals surface area (Å²) in [5, 5.41) is 2.67. The Morgan fingerprint density at radius 2 is 1.42 bits per heavy atom. The molecule has 0 spiro atoms. The third-order valence-corrected chi connectivity index (χ3v) is 15.1. The van der Waals surface area contributed by atoms with Gasteiger partial charge in [-0.1, -0.05) is 123 Å². The van der Waals surface area contributed by atoms with Crippen LogP contribution in [0.25, 0.3) is 0 Å². The first-order valence-corrected chi connectivity index (χ1v) is 16.0. The first-order chi connectivity index (χ1) is 16.8. The number of rotatable bonds is 10. The molecule has 1 aliphatic carbocycles. The summed E-state index contributed by atoms with van der Waals surface area (Å²) in [6, 6.07) is 22.0. The minimum absolute atomic E-state index is 0.0228. The minimum atomic E-state index is -2.59. The van der Waals surface area contributed by atoms with Gasteiger partial charge in [-0.05, 0) is 63.8 Å². The highest BCUT2D eigenvalue weighted by atomic mass is 28.4. The second-order valence-electron chi connectivity index (χ2n) is 13.5. The highest BCUT2D eigenvalue weighted by Gasteiger charge is 2.54. The molecule has 2 aromatic rings. The van der Waals surface area contributed by atoms with Crippen LogP contribution in [0.5, 0.6) is 0 Å². The molecule has 0 amide bonds. The van der Waals surface area contributed by atoms with Crippen LogP contribution < -0.4 is 10.4 Å². The van der Waals surface area contributed by atoms with Gasteiger partial charge in [-0.25, -0.2) is 0 Å². The number of benzene rings is 2. The average Bonchev–Trinajstić information content (AvgIpc) is 3.08. The van der Waals surface area contributed by atoms with Crippen molar-refractivity contribution in [3.8, 4) is 0 Å². The Hall–Kier alpha value is -1.71. The van der Waals surface area contributed by atoms with Crippen molar-refractivity contribution in [1.29, 1.82) is 0 Å². The molecule has 3 rings (SSSR count). The van der Waals surface area contributed by atoms with E-state index in [-0.39, 0.29) is 27.9 Å². The Labute approximate surface area is 222 Å². The maximum Gasteiger partial charge on any atom is 0.261 e. The molecule has 1 saturated carbocycles. The van der Waals surface area contributed by atoms with Crippen LogP contribution >= 0.6 is 0 Å². The highest BCUT2D eigenvalue weighted by molar-refractivity contribution is 6.99. The Bertz CT molecular complexity index is 936. The fourth-order valence-corrected chi connectivity index (χ4v) is 11.7. The maximum absolute atomic E-state index is 11.8. The van der Waals surface area contributed by atoms with Gasteiger partial charge in [0.05, 0.1) is 0 Å². The highest BCUT2D eigenvalue weighted by Crippen LogP contribution is 2.59. The smallest absolute Gasteiger partial charge is 0.261 e. The van der Waals surface area contributed by atoms with E-state index in [4.69, 9.17) is 4.43 Å². The van der Waals surface area contributed by atoms with Crippen LogP contribution in [0.3, 0.4) is 0 Å². The van der Waals surface area contributed by atoms with E-state index in [1.165, 1.54) is 16.7 Å². The van der Waals surface area contributed by atoms with E-state index in [0.29, 0.717) is 11.8 Å². The summed E-state index contributed by atoms with van der Waals surface area (Å²) in [6.07, 6.45) is 5.69. The van der Waals surface area contributed by atoms with Gasteiger partial charge in [0.2, 0.25) is 0 Å². The van der Waals surface area contributed by atoms with E-state index < -0.39 is 8.32 Å². The molecule has 0 unspecified atom stereocenters. The molecule has 198 valence electrons. The lowest BCUT2D eigenvalue weighted by atomic mass is 9.59. The van der Waals surface area contributed by atoms with Crippen molar-refractivity contribution >= 4 is 25.0 Å². The maximum atomic E-state index is 11.8. The first-order valence-electron chi connectivity index (χ1n) is 14.1. The molecule has 0 saturated heterocycles. The molecule has 2 nitrogen and oxygen atoms in total. The van der Waals surface area contributed by atoms with Crippen LogP contribution in [0.2, 0.25) is 5.04 Å². The predicted octanol–water partition coefficient (Wildman–Crippen LogP) is 7.65. The van der Waals surface area contributed by atoms with Crippen molar-refractivity contribution in [3.63, 3.8) is 0 Å². The number of carbonyl (C=O) groups is 1. The number of hydrogen-bond acceptors (Lipinski definition) is 2. The van der Waals surface area contributed by atoms with Crippen molar-refractivity contribution in [2.24, 2.45) is 28.6 Å². The summed E-state index contributed by atoms with van der Waals surface area (Å²) in [7, 11) is -2.59. The zero-order valence-electron chi connectivity index (χ0n) is 24.3. The SMILES string of the molecule is CC(C)[C@@H](CC[C@H](C)[C@@]1(C)CC[C@@H](C=O)C1(C)C)O[Si](c1ccccc1)(c1ccccc1)C(C)(C)C. The normalized spacial score (nSPS) is 24.0. The lowest BCUT2D eigenvalue weighted by Crippen LogP contribution is -2.68. The van der Waals surface area contributed by atoms with E-state index in [1.807, 2.05) is 0 Å². The van der Waals surface area contributed by atoms with E-state index in [1.54, 1.807) is 0 Å². The molecule has 1 aliphatic rings. The summed E-state index contributed by atoms with van der Waals surface area (Å²) in [6.45, 7) is 21.2. The number of hydrogen-bond donors (Lipinski definition) is 0. The summed E-state index contributed by atoms with van der Waals surface area (Å²) in [4.78, 5) is 11.8. The molecular formula is C33H50O2Si. The molecule has 3 heteroatoms. The molecule has 0 heterocycles. The van der Waals surface area contributed by atoms with Crippen molar-refractivity contribution in [1.82, 2.24) is 0 Å². The van der Waals surface area contributed by atoms with Crippen molar-refractivity contribution in [3.05, 3.63) is 60.7 Å². The van der Waals surface area contributed by atoms with Crippen LogP contribution in [0, 0.1) is 28.6 Å². The largest absolute Gasteiger partial charge is 0.404 e. The average molecular weight is 507 g/mol. The van der Waals surface area contributed by atoms with Crippen LogP contribution in [0.4, 0.5) is 0 Å². The second kappa shape index (κ2) is 11.0. The summed E-state index contributed by atoms with van der Waals surface area (Å²) < 4.78 is 7.56. The summed E-state index contributed by atoms with van der Waals surface area (Å²) in [5.74, 6) is 1.12. The van der Waals surface area contributed by atoms with E-state index >= 15 is 0 Å². The van der Waals surface area contributed by atoms with Gasteiger partial charge in [0.1, 0.15) is 6.29 Å². The van der Waals surface area contributed by atoms with Crippen LogP contribution in [-0.2, 0) is 9.22 Å². The van der Waals surface area contributed by atoms with Crippen LogP contribution in [-0.4, -0.2) is 20.7 Å². The van der Waals surface area contributed by atoms with Gasteiger partial charge in [0.15, 0.2) is 0 Å². The predicted molar refractivity (Wildman–Crippen MR) is 156 cm³/mol. The van der Waals surface area contributed by atoms with Gasteiger partial charge < -0.3 is 9.22 Å². The standard InChI is InChI=1S/C33H50O2Si/c1-25(2)30(21-20-26(3)33(9)23-22-27(24-34)32(33,7)8)35-36(31(4,5)6,28-16-12-10-13-17-28)29-18-14-11-15-19-29/h10-19,24-27,30H,20-23H2,1-9H3/t26-,27-,30+,33+/m0/s1. The molecule has 0 bridgehead atoms. The molecule has 0 radical (unpaired) electrons. The summed E-state index contributed by atoms with van der Waals surface area (Å²) in [5.41, 5.74) is 0.192. The minimum Gasteiger partial charge on any atom is -0.404 e. The van der Waals surface area contributed by atoms with Gasteiger partial charge in [0.25, 0.3) is 8.32 Å².